The second-order valence-electron chi connectivity index (χ2n) is 6.60. The summed E-state index contributed by atoms with van der Waals surface area (Å²) in [5.74, 6) is -0.742. The minimum Gasteiger partial charge on any atom is -0.350 e. The van der Waals surface area contributed by atoms with Crippen LogP contribution < -0.4 is 10.2 Å². The molecule has 4 rings (SSSR count). The lowest BCUT2D eigenvalue weighted by Crippen LogP contribution is -2.33. The van der Waals surface area contributed by atoms with Crippen LogP contribution >= 0.6 is 22.9 Å². The highest BCUT2D eigenvalue weighted by Crippen LogP contribution is 2.37. The van der Waals surface area contributed by atoms with E-state index >= 15 is 0 Å². The van der Waals surface area contributed by atoms with Gasteiger partial charge in [-0.15, -0.1) is 11.3 Å². The van der Waals surface area contributed by atoms with Crippen LogP contribution in [0.1, 0.15) is 16.0 Å². The summed E-state index contributed by atoms with van der Waals surface area (Å²) in [5, 5.41) is 5.53. The summed E-state index contributed by atoms with van der Waals surface area (Å²) in [5.41, 5.74) is 3.77. The second-order valence-corrected chi connectivity index (χ2v) is 7.98. The van der Waals surface area contributed by atoms with Crippen LogP contribution in [-0.2, 0) is 9.59 Å². The molecule has 140 valence electrons. The van der Waals surface area contributed by atoms with E-state index in [4.69, 9.17) is 11.6 Å². The molecule has 28 heavy (non-hydrogen) atoms. The highest BCUT2D eigenvalue weighted by atomic mass is 35.5. The number of hydrogen-bond donors (Lipinski definition) is 1. The van der Waals surface area contributed by atoms with Gasteiger partial charge in [-0.1, -0.05) is 35.9 Å². The number of nitrogens with zero attached hydrogens (tertiary/aromatic N) is 1. The fourth-order valence-electron chi connectivity index (χ4n) is 3.20. The van der Waals surface area contributed by atoms with Crippen molar-refractivity contribution in [2.24, 2.45) is 0 Å². The summed E-state index contributed by atoms with van der Waals surface area (Å²) in [7, 11) is 0. The number of carbonyl (C=O) groups is 2. The predicted molar refractivity (Wildman–Crippen MR) is 115 cm³/mol. The first-order valence-electron chi connectivity index (χ1n) is 8.72. The van der Waals surface area contributed by atoms with Crippen LogP contribution in [0.3, 0.4) is 0 Å². The monoisotopic (exact) mass is 408 g/mol. The summed E-state index contributed by atoms with van der Waals surface area (Å²) in [6.45, 7) is 3.83. The van der Waals surface area contributed by atoms with E-state index in [0.717, 1.165) is 21.7 Å². The van der Waals surface area contributed by atoms with Crippen LogP contribution in [0.2, 0.25) is 5.02 Å². The van der Waals surface area contributed by atoms with Crippen molar-refractivity contribution in [2.75, 3.05) is 10.2 Å². The zero-order valence-corrected chi connectivity index (χ0v) is 16.9. The van der Waals surface area contributed by atoms with Gasteiger partial charge in [-0.3, -0.25) is 9.59 Å². The van der Waals surface area contributed by atoms with E-state index in [9.17, 15) is 9.59 Å². The summed E-state index contributed by atoms with van der Waals surface area (Å²) in [6.07, 6.45) is 0. The molecular formula is C22H17ClN2O2S. The molecule has 0 atom stereocenters. The van der Waals surface area contributed by atoms with Gasteiger partial charge in [-0.05, 0) is 60.7 Å². The highest BCUT2D eigenvalue weighted by molar-refractivity contribution is 7.11. The third kappa shape index (κ3) is 3.23. The largest absolute Gasteiger partial charge is 0.350 e. The second kappa shape index (κ2) is 7.26. The molecule has 0 aliphatic carbocycles. The average molecular weight is 409 g/mol. The average Bonchev–Trinajstić information content (AvgIpc) is 3.25. The number of halogens is 1. The van der Waals surface area contributed by atoms with Crippen molar-refractivity contribution in [1.82, 2.24) is 0 Å². The predicted octanol–water partition coefficient (Wildman–Crippen LogP) is 5.41. The SMILES string of the molecule is Cc1cccc(NC2=C(c3cccs3)C(=O)N(c3cc(Cl)ccc3C)C2=O)c1. The van der Waals surface area contributed by atoms with Crippen molar-refractivity contribution in [2.45, 2.75) is 13.8 Å². The van der Waals surface area contributed by atoms with E-state index in [1.54, 1.807) is 18.2 Å². The Morgan fingerprint density at radius 2 is 1.79 bits per heavy atom. The maximum atomic E-state index is 13.3. The van der Waals surface area contributed by atoms with Crippen molar-refractivity contribution >= 4 is 51.7 Å². The molecule has 2 aromatic carbocycles. The molecule has 2 amide bonds. The van der Waals surface area contributed by atoms with Gasteiger partial charge >= 0.3 is 0 Å². The number of amides is 2. The summed E-state index contributed by atoms with van der Waals surface area (Å²) < 4.78 is 0. The van der Waals surface area contributed by atoms with Gasteiger partial charge in [-0.2, -0.15) is 0 Å². The molecule has 1 N–H and O–H groups in total. The minimum absolute atomic E-state index is 0.275. The Hall–Kier alpha value is -2.89. The number of hydrogen-bond acceptors (Lipinski definition) is 4. The Morgan fingerprint density at radius 1 is 0.964 bits per heavy atom. The molecule has 0 unspecified atom stereocenters. The molecule has 0 bridgehead atoms. The van der Waals surface area contributed by atoms with Crippen LogP contribution in [0.15, 0.2) is 65.7 Å². The number of benzene rings is 2. The van der Waals surface area contributed by atoms with Gasteiger partial charge in [0.05, 0.1) is 11.3 Å². The number of carbonyl (C=O) groups excluding carboxylic acids is 2. The zero-order valence-electron chi connectivity index (χ0n) is 15.3. The smallest absolute Gasteiger partial charge is 0.282 e. The first kappa shape index (κ1) is 18.5. The summed E-state index contributed by atoms with van der Waals surface area (Å²) in [4.78, 5) is 28.6. The third-order valence-electron chi connectivity index (χ3n) is 4.55. The molecule has 0 spiro atoms. The Bertz CT molecular complexity index is 1120. The molecule has 4 nitrogen and oxygen atoms in total. The van der Waals surface area contributed by atoms with E-state index < -0.39 is 0 Å². The summed E-state index contributed by atoms with van der Waals surface area (Å²) >= 11 is 7.56. The van der Waals surface area contributed by atoms with Gasteiger partial charge in [0, 0.05) is 15.6 Å². The third-order valence-corrected chi connectivity index (χ3v) is 5.67. The van der Waals surface area contributed by atoms with Crippen LogP contribution in [-0.4, -0.2) is 11.8 Å². The number of thiophene rings is 1. The number of nitrogens with one attached hydrogen (secondary N) is 1. The van der Waals surface area contributed by atoms with Crippen LogP contribution in [0.4, 0.5) is 11.4 Å². The molecule has 3 aromatic rings. The molecule has 0 fully saturated rings. The van der Waals surface area contributed by atoms with E-state index in [2.05, 4.69) is 5.32 Å². The van der Waals surface area contributed by atoms with Crippen molar-refractivity contribution in [1.29, 1.82) is 0 Å². The molecule has 0 radical (unpaired) electrons. The molecular weight excluding hydrogens is 392 g/mol. The Labute approximate surface area is 172 Å². The normalized spacial score (nSPS) is 14.2. The number of aryl methyl sites for hydroxylation is 2. The lowest BCUT2D eigenvalue weighted by atomic mass is 10.1. The molecule has 1 aliphatic heterocycles. The van der Waals surface area contributed by atoms with Gasteiger partial charge in [0.15, 0.2) is 0 Å². The first-order chi connectivity index (χ1) is 13.5. The maximum Gasteiger partial charge on any atom is 0.282 e. The van der Waals surface area contributed by atoms with Gasteiger partial charge in [0.2, 0.25) is 0 Å². The fraction of sp³-hybridized carbons (Fsp3) is 0.0909. The van der Waals surface area contributed by atoms with Gasteiger partial charge in [0.25, 0.3) is 11.8 Å². The fourth-order valence-corrected chi connectivity index (χ4v) is 4.14. The molecule has 1 aromatic heterocycles. The number of imide groups is 1. The molecule has 2 heterocycles. The topological polar surface area (TPSA) is 49.4 Å². The van der Waals surface area contributed by atoms with Gasteiger partial charge < -0.3 is 5.32 Å². The van der Waals surface area contributed by atoms with Crippen molar-refractivity contribution in [3.05, 3.63) is 86.7 Å². The van der Waals surface area contributed by atoms with Crippen molar-refractivity contribution in [3.63, 3.8) is 0 Å². The molecule has 0 saturated heterocycles. The highest BCUT2D eigenvalue weighted by Gasteiger charge is 2.41. The Kier molecular flexibility index (Phi) is 4.79. The summed E-state index contributed by atoms with van der Waals surface area (Å²) in [6, 6.07) is 16.6. The lowest BCUT2D eigenvalue weighted by Gasteiger charge is -2.18. The lowest BCUT2D eigenvalue weighted by molar-refractivity contribution is -0.120. The van der Waals surface area contributed by atoms with Crippen LogP contribution in [0.25, 0.3) is 5.57 Å². The van der Waals surface area contributed by atoms with Gasteiger partial charge in [0.1, 0.15) is 5.70 Å². The standard InChI is InChI=1S/C22H17ClN2O2S/c1-13-5-3-6-16(11-13)24-20-19(18-7-4-10-28-18)21(26)25(22(20)27)17-12-15(23)9-8-14(17)2/h3-12,24H,1-2H3. The molecule has 6 heteroatoms. The van der Waals surface area contributed by atoms with E-state index in [1.807, 2.05) is 55.6 Å². The number of anilines is 2. The quantitative estimate of drug-likeness (QED) is 0.587. The van der Waals surface area contributed by atoms with E-state index in [-0.39, 0.29) is 17.5 Å². The first-order valence-corrected chi connectivity index (χ1v) is 9.98. The van der Waals surface area contributed by atoms with Crippen molar-refractivity contribution < 1.29 is 9.59 Å². The van der Waals surface area contributed by atoms with Crippen LogP contribution in [0, 0.1) is 13.8 Å². The van der Waals surface area contributed by atoms with Gasteiger partial charge in [-0.25, -0.2) is 4.90 Å². The minimum atomic E-state index is -0.389. The Balaban J connectivity index is 1.83. The van der Waals surface area contributed by atoms with E-state index in [0.29, 0.717) is 16.3 Å². The Morgan fingerprint density at radius 3 is 2.50 bits per heavy atom. The van der Waals surface area contributed by atoms with Crippen LogP contribution in [0.5, 0.6) is 0 Å². The van der Waals surface area contributed by atoms with Crippen molar-refractivity contribution in [3.8, 4) is 0 Å². The molecule has 1 aliphatic rings. The van der Waals surface area contributed by atoms with E-state index in [1.165, 1.54) is 16.2 Å². The number of rotatable bonds is 4. The maximum absolute atomic E-state index is 13.3. The zero-order chi connectivity index (χ0) is 19.8. The molecule has 0 saturated carbocycles.